The second-order valence-electron chi connectivity index (χ2n) is 4.00. The van der Waals surface area contributed by atoms with Gasteiger partial charge in [0.15, 0.2) is 0 Å². The molecule has 0 aromatic rings. The highest BCUT2D eigenvalue weighted by molar-refractivity contribution is 5.09. The van der Waals surface area contributed by atoms with E-state index in [1.807, 2.05) is 13.8 Å². The van der Waals surface area contributed by atoms with Crippen LogP contribution in [0.4, 0.5) is 0 Å². The van der Waals surface area contributed by atoms with Gasteiger partial charge in [-0.1, -0.05) is 13.8 Å². The van der Waals surface area contributed by atoms with Gasteiger partial charge < -0.3 is 9.80 Å². The van der Waals surface area contributed by atoms with Gasteiger partial charge in [-0.05, 0) is 33.0 Å². The summed E-state index contributed by atoms with van der Waals surface area (Å²) in [4.78, 5) is 4.82. The van der Waals surface area contributed by atoms with Gasteiger partial charge in [-0.2, -0.15) is 0 Å². The van der Waals surface area contributed by atoms with Crippen molar-refractivity contribution in [3.8, 4) is 0 Å². The Hall–Kier alpha value is -0.0800. The summed E-state index contributed by atoms with van der Waals surface area (Å²) in [5, 5.41) is 0. The molecule has 1 aliphatic carbocycles. The average Bonchev–Trinajstić information content (AvgIpc) is 2.55. The van der Waals surface area contributed by atoms with Crippen LogP contribution < -0.4 is 0 Å². The van der Waals surface area contributed by atoms with E-state index in [1.54, 1.807) is 0 Å². The lowest BCUT2D eigenvalue weighted by Crippen LogP contribution is -2.27. The smallest absolute Gasteiger partial charge is 0.0177 e. The molecule has 0 aromatic carbocycles. The van der Waals surface area contributed by atoms with Gasteiger partial charge in [0, 0.05) is 19.1 Å². The van der Waals surface area contributed by atoms with Crippen molar-refractivity contribution in [2.24, 2.45) is 11.8 Å². The van der Waals surface area contributed by atoms with Gasteiger partial charge in [0.2, 0.25) is 0 Å². The fourth-order valence-corrected chi connectivity index (χ4v) is 2.47. The number of hydrogen-bond acceptors (Lipinski definition) is 2. The Kier molecular flexibility index (Phi) is 3.13. The molecule has 2 unspecified atom stereocenters. The summed E-state index contributed by atoms with van der Waals surface area (Å²) in [6.45, 7) is 6.65. The second-order valence-corrected chi connectivity index (χ2v) is 4.00. The van der Waals surface area contributed by atoms with Gasteiger partial charge in [0.05, 0.1) is 0 Å². The maximum absolute atomic E-state index is 2.44. The molecule has 12 heavy (non-hydrogen) atoms. The summed E-state index contributed by atoms with van der Waals surface area (Å²) in [5.74, 6) is 2.00. The summed E-state index contributed by atoms with van der Waals surface area (Å²) in [6, 6.07) is 0.913. The van der Waals surface area contributed by atoms with Crippen molar-refractivity contribution in [2.75, 3.05) is 34.2 Å². The fourth-order valence-electron chi connectivity index (χ4n) is 2.47. The highest BCUT2D eigenvalue weighted by Crippen LogP contribution is 2.47. The molecule has 0 radical (unpaired) electrons. The molecule has 1 aliphatic heterocycles. The maximum atomic E-state index is 2.44. The Morgan fingerprint density at radius 3 is 1.83 bits per heavy atom. The standard InChI is InChI=1S/C8H16N2.C2H6/c1-9(2)8-6-4-10(3)5-7(6)8;1-2/h6-8H,4-5H2,1-3H3;1-2H3. The van der Waals surface area contributed by atoms with Crippen LogP contribution in [0.15, 0.2) is 0 Å². The van der Waals surface area contributed by atoms with Crippen LogP contribution in [0.25, 0.3) is 0 Å². The molecule has 2 fully saturated rings. The monoisotopic (exact) mass is 170 g/mol. The van der Waals surface area contributed by atoms with Crippen LogP contribution in [-0.2, 0) is 0 Å². The number of piperidine rings is 1. The molecule has 0 amide bonds. The third kappa shape index (κ3) is 1.64. The largest absolute Gasteiger partial charge is 0.306 e. The van der Waals surface area contributed by atoms with Crippen molar-refractivity contribution < 1.29 is 0 Å². The van der Waals surface area contributed by atoms with Crippen molar-refractivity contribution in [3.05, 3.63) is 0 Å². The van der Waals surface area contributed by atoms with Crippen molar-refractivity contribution in [3.63, 3.8) is 0 Å². The Morgan fingerprint density at radius 2 is 1.50 bits per heavy atom. The normalized spacial score (nSPS) is 39.0. The van der Waals surface area contributed by atoms with Crippen molar-refractivity contribution in [2.45, 2.75) is 19.9 Å². The summed E-state index contributed by atoms with van der Waals surface area (Å²) >= 11 is 0. The molecule has 2 heteroatoms. The number of nitrogens with zero attached hydrogens (tertiary/aromatic N) is 2. The number of likely N-dealkylation sites (tertiary alicyclic amines) is 1. The minimum atomic E-state index is 0.913. The Labute approximate surface area is 76.5 Å². The quantitative estimate of drug-likeness (QED) is 0.582. The Bertz CT molecular complexity index is 133. The first-order chi connectivity index (χ1) is 5.70. The predicted molar refractivity (Wildman–Crippen MR) is 53.3 cm³/mol. The highest BCUT2D eigenvalue weighted by Gasteiger charge is 2.55. The lowest BCUT2D eigenvalue weighted by Gasteiger charge is -2.17. The first-order valence-electron chi connectivity index (χ1n) is 5.05. The van der Waals surface area contributed by atoms with Crippen LogP contribution in [0.1, 0.15) is 13.8 Å². The summed E-state index contributed by atoms with van der Waals surface area (Å²) in [5.41, 5.74) is 0. The van der Waals surface area contributed by atoms with Crippen LogP contribution in [0.5, 0.6) is 0 Å². The molecular formula is C10H22N2. The minimum Gasteiger partial charge on any atom is -0.306 e. The molecular weight excluding hydrogens is 148 g/mol. The van der Waals surface area contributed by atoms with Crippen LogP contribution in [0.2, 0.25) is 0 Å². The third-order valence-electron chi connectivity index (χ3n) is 2.93. The van der Waals surface area contributed by atoms with E-state index in [9.17, 15) is 0 Å². The molecule has 2 aliphatic rings. The van der Waals surface area contributed by atoms with Crippen LogP contribution >= 0.6 is 0 Å². The van der Waals surface area contributed by atoms with Crippen molar-refractivity contribution in [1.29, 1.82) is 0 Å². The number of rotatable bonds is 1. The van der Waals surface area contributed by atoms with E-state index < -0.39 is 0 Å². The van der Waals surface area contributed by atoms with Crippen LogP contribution in [0, 0.1) is 11.8 Å². The van der Waals surface area contributed by atoms with E-state index in [0.29, 0.717) is 0 Å². The summed E-state index contributed by atoms with van der Waals surface area (Å²) < 4.78 is 0. The second kappa shape index (κ2) is 3.75. The highest BCUT2D eigenvalue weighted by atomic mass is 15.2. The van der Waals surface area contributed by atoms with Gasteiger partial charge in [-0.15, -0.1) is 0 Å². The van der Waals surface area contributed by atoms with Gasteiger partial charge in [-0.3, -0.25) is 0 Å². The molecule has 0 N–H and O–H groups in total. The van der Waals surface area contributed by atoms with Gasteiger partial charge in [-0.25, -0.2) is 0 Å². The lowest BCUT2D eigenvalue weighted by molar-refractivity contribution is 0.282. The van der Waals surface area contributed by atoms with E-state index >= 15 is 0 Å². The number of fused-ring (bicyclic) bond motifs is 1. The SMILES string of the molecule is CC.CN1CC2C(C1)C2N(C)C. The first kappa shape index (κ1) is 10.0. The predicted octanol–water partition coefficient (Wildman–Crippen LogP) is 1.13. The van der Waals surface area contributed by atoms with E-state index in [0.717, 1.165) is 17.9 Å². The van der Waals surface area contributed by atoms with E-state index in [4.69, 9.17) is 0 Å². The molecule has 72 valence electrons. The Balaban J connectivity index is 0.000000336. The Morgan fingerprint density at radius 1 is 1.08 bits per heavy atom. The van der Waals surface area contributed by atoms with Gasteiger partial charge >= 0.3 is 0 Å². The topological polar surface area (TPSA) is 6.48 Å². The zero-order valence-electron chi connectivity index (χ0n) is 9.04. The summed E-state index contributed by atoms with van der Waals surface area (Å²) in [7, 11) is 6.62. The third-order valence-corrected chi connectivity index (χ3v) is 2.93. The van der Waals surface area contributed by atoms with Gasteiger partial charge in [0.1, 0.15) is 0 Å². The van der Waals surface area contributed by atoms with Crippen LogP contribution in [-0.4, -0.2) is 50.1 Å². The molecule has 1 saturated heterocycles. The lowest BCUT2D eigenvalue weighted by atomic mass is 10.4. The zero-order chi connectivity index (χ0) is 9.30. The van der Waals surface area contributed by atoms with Crippen LogP contribution in [0.3, 0.4) is 0 Å². The minimum absolute atomic E-state index is 0.913. The fraction of sp³-hybridized carbons (Fsp3) is 1.00. The summed E-state index contributed by atoms with van der Waals surface area (Å²) in [6.07, 6.45) is 0. The molecule has 2 nitrogen and oxygen atoms in total. The van der Waals surface area contributed by atoms with E-state index in [1.165, 1.54) is 13.1 Å². The molecule has 2 rings (SSSR count). The molecule has 1 saturated carbocycles. The van der Waals surface area contributed by atoms with Gasteiger partial charge in [0.25, 0.3) is 0 Å². The molecule has 1 heterocycles. The molecule has 0 aromatic heterocycles. The zero-order valence-corrected chi connectivity index (χ0v) is 9.04. The van der Waals surface area contributed by atoms with E-state index in [-0.39, 0.29) is 0 Å². The average molecular weight is 170 g/mol. The van der Waals surface area contributed by atoms with E-state index in [2.05, 4.69) is 30.9 Å². The van der Waals surface area contributed by atoms with Crippen molar-refractivity contribution >= 4 is 0 Å². The first-order valence-corrected chi connectivity index (χ1v) is 5.05. The van der Waals surface area contributed by atoms with Crippen molar-refractivity contribution in [1.82, 2.24) is 9.80 Å². The molecule has 2 atom stereocenters. The number of hydrogen-bond donors (Lipinski definition) is 0. The molecule has 0 spiro atoms. The maximum Gasteiger partial charge on any atom is 0.0177 e. The molecule has 0 bridgehead atoms.